The van der Waals surface area contributed by atoms with E-state index in [1.54, 1.807) is 6.07 Å². The van der Waals surface area contributed by atoms with Gasteiger partial charge in [-0.15, -0.1) is 6.58 Å². The first-order valence-corrected chi connectivity index (χ1v) is 4.98. The zero-order valence-corrected chi connectivity index (χ0v) is 9.67. The summed E-state index contributed by atoms with van der Waals surface area (Å²) in [7, 11) is 0. The summed E-state index contributed by atoms with van der Waals surface area (Å²) < 4.78 is 0. The van der Waals surface area contributed by atoms with Crippen LogP contribution in [0.3, 0.4) is 0 Å². The van der Waals surface area contributed by atoms with Crippen molar-refractivity contribution in [3.05, 3.63) is 23.9 Å². The minimum absolute atomic E-state index is 0.00775. The van der Waals surface area contributed by atoms with Gasteiger partial charge in [0, 0.05) is 12.6 Å². The van der Waals surface area contributed by atoms with E-state index in [1.165, 1.54) is 0 Å². The number of nitrogens with zero attached hydrogens (tertiary/aromatic N) is 2. The van der Waals surface area contributed by atoms with Crippen molar-refractivity contribution < 1.29 is 0 Å². The Bertz CT molecular complexity index is 342. The highest BCUT2D eigenvalue weighted by atomic mass is 35.5. The van der Waals surface area contributed by atoms with Gasteiger partial charge in [-0.1, -0.05) is 31.5 Å². The lowest BCUT2D eigenvalue weighted by atomic mass is 9.94. The van der Waals surface area contributed by atoms with Crippen molar-refractivity contribution in [1.82, 2.24) is 9.97 Å². The third-order valence-electron chi connectivity index (χ3n) is 1.99. The normalized spacial score (nSPS) is 11.1. The molecule has 0 bridgehead atoms. The molecule has 1 aromatic heterocycles. The minimum atomic E-state index is -0.00775. The van der Waals surface area contributed by atoms with E-state index in [0.29, 0.717) is 17.5 Å². The van der Waals surface area contributed by atoms with Crippen LogP contribution in [0.15, 0.2) is 18.7 Å². The molecular weight excluding hydrogens is 212 g/mol. The monoisotopic (exact) mass is 226 g/mol. The second-order valence-corrected chi connectivity index (χ2v) is 4.37. The van der Waals surface area contributed by atoms with Crippen molar-refractivity contribution in [2.75, 3.05) is 17.6 Å². The molecule has 0 atom stereocenters. The fraction of sp³-hybridized carbons (Fsp3) is 0.400. The van der Waals surface area contributed by atoms with E-state index in [9.17, 15) is 0 Å². The van der Waals surface area contributed by atoms with Gasteiger partial charge in [0.15, 0.2) is 0 Å². The maximum Gasteiger partial charge on any atom is 0.223 e. The molecule has 5 heteroatoms. The van der Waals surface area contributed by atoms with Gasteiger partial charge in [0.2, 0.25) is 5.95 Å². The number of rotatable bonds is 4. The molecule has 1 rings (SSSR count). The molecular formula is C10H15ClN4. The average Bonchev–Trinajstić information content (AvgIpc) is 2.14. The SMILES string of the molecule is C=CC(C)(C)CNc1cc(Cl)nc(N)n1. The lowest BCUT2D eigenvalue weighted by Crippen LogP contribution is -2.21. The number of hydrogen-bond acceptors (Lipinski definition) is 4. The molecule has 0 amide bonds. The predicted octanol–water partition coefficient (Wildman–Crippen LogP) is 2.34. The van der Waals surface area contributed by atoms with Crippen LogP contribution in [0.4, 0.5) is 11.8 Å². The van der Waals surface area contributed by atoms with Crippen molar-refractivity contribution >= 4 is 23.4 Å². The average molecular weight is 227 g/mol. The predicted molar refractivity (Wildman–Crippen MR) is 63.9 cm³/mol. The number of anilines is 2. The molecule has 15 heavy (non-hydrogen) atoms. The van der Waals surface area contributed by atoms with Gasteiger partial charge in [-0.2, -0.15) is 4.98 Å². The molecule has 0 saturated carbocycles. The van der Waals surface area contributed by atoms with Crippen LogP contribution in [0, 0.1) is 5.41 Å². The van der Waals surface area contributed by atoms with E-state index < -0.39 is 0 Å². The Balaban J connectivity index is 2.69. The van der Waals surface area contributed by atoms with Crippen LogP contribution in [0.25, 0.3) is 0 Å². The molecule has 1 heterocycles. The summed E-state index contributed by atoms with van der Waals surface area (Å²) in [6.07, 6.45) is 1.88. The van der Waals surface area contributed by atoms with Gasteiger partial charge in [0.25, 0.3) is 0 Å². The standard InChI is InChI=1S/C10H15ClN4/c1-4-10(2,3)6-13-8-5-7(11)14-9(12)15-8/h4-5H,1,6H2,2-3H3,(H3,12,13,14,15). The van der Waals surface area contributed by atoms with Crippen LogP contribution in [0.1, 0.15) is 13.8 Å². The Morgan fingerprint density at radius 2 is 2.27 bits per heavy atom. The quantitative estimate of drug-likeness (QED) is 0.611. The van der Waals surface area contributed by atoms with Crippen molar-refractivity contribution in [3.8, 4) is 0 Å². The van der Waals surface area contributed by atoms with E-state index in [-0.39, 0.29) is 11.4 Å². The largest absolute Gasteiger partial charge is 0.369 e. The van der Waals surface area contributed by atoms with Crippen LogP contribution in [-0.4, -0.2) is 16.5 Å². The molecule has 0 radical (unpaired) electrons. The van der Waals surface area contributed by atoms with Crippen molar-refractivity contribution in [2.24, 2.45) is 5.41 Å². The number of hydrogen-bond donors (Lipinski definition) is 2. The van der Waals surface area contributed by atoms with Gasteiger partial charge < -0.3 is 11.1 Å². The lowest BCUT2D eigenvalue weighted by molar-refractivity contribution is 0.513. The maximum absolute atomic E-state index is 5.74. The van der Waals surface area contributed by atoms with Crippen molar-refractivity contribution in [1.29, 1.82) is 0 Å². The molecule has 4 nitrogen and oxygen atoms in total. The van der Waals surface area contributed by atoms with Crippen LogP contribution in [0.5, 0.6) is 0 Å². The van der Waals surface area contributed by atoms with Gasteiger partial charge in [0.05, 0.1) is 0 Å². The fourth-order valence-corrected chi connectivity index (χ4v) is 1.11. The van der Waals surface area contributed by atoms with Gasteiger partial charge in [-0.05, 0) is 5.41 Å². The molecule has 3 N–H and O–H groups in total. The van der Waals surface area contributed by atoms with Crippen molar-refractivity contribution in [3.63, 3.8) is 0 Å². The highest BCUT2D eigenvalue weighted by Gasteiger charge is 2.12. The second-order valence-electron chi connectivity index (χ2n) is 3.98. The molecule has 0 aromatic carbocycles. The topological polar surface area (TPSA) is 63.8 Å². The van der Waals surface area contributed by atoms with E-state index >= 15 is 0 Å². The third-order valence-corrected chi connectivity index (χ3v) is 2.18. The molecule has 1 aromatic rings. The lowest BCUT2D eigenvalue weighted by Gasteiger charge is -2.20. The van der Waals surface area contributed by atoms with Gasteiger partial charge in [0.1, 0.15) is 11.0 Å². The molecule has 0 unspecified atom stereocenters. The van der Waals surface area contributed by atoms with Crippen LogP contribution < -0.4 is 11.1 Å². The summed E-state index contributed by atoms with van der Waals surface area (Å²) in [4.78, 5) is 7.78. The number of nitrogens with two attached hydrogens (primary N) is 1. The highest BCUT2D eigenvalue weighted by Crippen LogP contribution is 2.18. The fourth-order valence-electron chi connectivity index (χ4n) is 0.916. The highest BCUT2D eigenvalue weighted by molar-refractivity contribution is 6.29. The molecule has 0 aliphatic carbocycles. The molecule has 0 fully saturated rings. The van der Waals surface area contributed by atoms with Gasteiger partial charge in [-0.3, -0.25) is 0 Å². The summed E-state index contributed by atoms with van der Waals surface area (Å²) in [6.45, 7) is 8.61. The minimum Gasteiger partial charge on any atom is -0.369 e. The van der Waals surface area contributed by atoms with Gasteiger partial charge in [-0.25, -0.2) is 4.98 Å². The molecule has 0 aliphatic heterocycles. The van der Waals surface area contributed by atoms with Crippen molar-refractivity contribution in [2.45, 2.75) is 13.8 Å². The Hall–Kier alpha value is -1.29. The molecule has 0 aliphatic rings. The van der Waals surface area contributed by atoms with Crippen LogP contribution >= 0.6 is 11.6 Å². The summed E-state index contributed by atoms with van der Waals surface area (Å²) in [6, 6.07) is 1.64. The molecule has 0 saturated heterocycles. The third kappa shape index (κ3) is 3.75. The first-order chi connectivity index (χ1) is 6.93. The Morgan fingerprint density at radius 3 is 2.80 bits per heavy atom. The second kappa shape index (κ2) is 4.49. The maximum atomic E-state index is 5.74. The summed E-state index contributed by atoms with van der Waals surface area (Å²) in [5.74, 6) is 0.795. The molecule has 82 valence electrons. The first kappa shape index (κ1) is 11.8. The molecule has 0 spiro atoms. The van der Waals surface area contributed by atoms with Crippen LogP contribution in [0.2, 0.25) is 5.15 Å². The zero-order chi connectivity index (χ0) is 11.5. The number of nitrogens with one attached hydrogen (secondary N) is 1. The number of nitrogen functional groups attached to an aromatic ring is 1. The zero-order valence-electron chi connectivity index (χ0n) is 8.92. The summed E-state index contributed by atoms with van der Waals surface area (Å²) >= 11 is 5.74. The van der Waals surface area contributed by atoms with Gasteiger partial charge >= 0.3 is 0 Å². The van der Waals surface area contributed by atoms with E-state index in [4.69, 9.17) is 17.3 Å². The first-order valence-electron chi connectivity index (χ1n) is 4.60. The smallest absolute Gasteiger partial charge is 0.223 e. The summed E-state index contributed by atoms with van der Waals surface area (Å²) in [5, 5.41) is 3.47. The number of aromatic nitrogens is 2. The Labute approximate surface area is 94.6 Å². The number of halogens is 1. The Kier molecular flexibility index (Phi) is 3.52. The Morgan fingerprint density at radius 1 is 1.60 bits per heavy atom. The van der Waals surface area contributed by atoms with E-state index in [2.05, 4.69) is 35.7 Å². The van der Waals surface area contributed by atoms with E-state index in [0.717, 1.165) is 0 Å². The van der Waals surface area contributed by atoms with Crippen LogP contribution in [-0.2, 0) is 0 Å². The summed E-state index contributed by atoms with van der Waals surface area (Å²) in [5.41, 5.74) is 5.46. The van der Waals surface area contributed by atoms with E-state index in [1.807, 2.05) is 6.08 Å².